The normalized spacial score (nSPS) is 21.0. The zero-order valence-corrected chi connectivity index (χ0v) is 13.3. The van der Waals surface area contributed by atoms with Crippen LogP contribution in [0.4, 0.5) is 0 Å². The molecule has 6 nitrogen and oxygen atoms in total. The molecule has 1 fully saturated rings. The monoisotopic (exact) mass is 311 g/mol. The standard InChI is InChI=1S/C17H21N5O/c1-2-16-21-17(23-22-16)13-4-7-14(8-5-13)20-11-15-6-3-12(9-18)10-19-15/h3,6,10,13-14,20H,2,4-5,7-8,11H2,1H3. The molecule has 1 aliphatic rings. The third-order valence-electron chi connectivity index (χ3n) is 4.40. The Bertz CT molecular complexity index is 665. The van der Waals surface area contributed by atoms with Gasteiger partial charge in [-0.3, -0.25) is 4.98 Å². The number of pyridine rings is 1. The molecule has 2 aromatic rings. The number of nitriles is 1. The van der Waals surface area contributed by atoms with Gasteiger partial charge in [-0.25, -0.2) is 0 Å². The summed E-state index contributed by atoms with van der Waals surface area (Å²) in [6.45, 7) is 2.77. The van der Waals surface area contributed by atoms with Crippen LogP contribution in [0, 0.1) is 11.3 Å². The minimum atomic E-state index is 0.397. The molecule has 23 heavy (non-hydrogen) atoms. The molecule has 0 spiro atoms. The molecule has 120 valence electrons. The van der Waals surface area contributed by atoms with E-state index in [-0.39, 0.29) is 0 Å². The maximum absolute atomic E-state index is 8.78. The molecule has 0 saturated heterocycles. The minimum Gasteiger partial charge on any atom is -0.339 e. The second-order valence-corrected chi connectivity index (χ2v) is 5.98. The van der Waals surface area contributed by atoms with Crippen LogP contribution in [0.25, 0.3) is 0 Å². The van der Waals surface area contributed by atoms with Gasteiger partial charge in [0.15, 0.2) is 5.82 Å². The molecular formula is C17H21N5O. The van der Waals surface area contributed by atoms with E-state index in [1.807, 2.05) is 19.1 Å². The lowest BCUT2D eigenvalue weighted by molar-refractivity contribution is 0.281. The van der Waals surface area contributed by atoms with Gasteiger partial charge in [0, 0.05) is 31.1 Å². The number of nitrogens with zero attached hydrogens (tertiary/aromatic N) is 4. The number of rotatable bonds is 5. The van der Waals surface area contributed by atoms with Gasteiger partial charge in [0.25, 0.3) is 0 Å². The third-order valence-corrected chi connectivity index (χ3v) is 4.40. The molecular weight excluding hydrogens is 290 g/mol. The third kappa shape index (κ3) is 3.93. The van der Waals surface area contributed by atoms with Gasteiger partial charge in [-0.15, -0.1) is 0 Å². The molecule has 3 rings (SSSR count). The van der Waals surface area contributed by atoms with Crippen LogP contribution in [0.15, 0.2) is 22.9 Å². The fraction of sp³-hybridized carbons (Fsp3) is 0.529. The Kier molecular flexibility index (Phi) is 4.99. The van der Waals surface area contributed by atoms with Crippen molar-refractivity contribution in [3.8, 4) is 6.07 Å². The van der Waals surface area contributed by atoms with Crippen LogP contribution in [-0.4, -0.2) is 21.2 Å². The van der Waals surface area contributed by atoms with Crippen LogP contribution in [-0.2, 0) is 13.0 Å². The van der Waals surface area contributed by atoms with Crippen molar-refractivity contribution in [2.75, 3.05) is 0 Å². The van der Waals surface area contributed by atoms with Crippen LogP contribution in [0.3, 0.4) is 0 Å². The van der Waals surface area contributed by atoms with E-state index < -0.39 is 0 Å². The van der Waals surface area contributed by atoms with Gasteiger partial charge in [-0.1, -0.05) is 12.1 Å². The lowest BCUT2D eigenvalue weighted by Gasteiger charge is -2.27. The van der Waals surface area contributed by atoms with E-state index in [0.717, 1.165) is 56.1 Å². The maximum Gasteiger partial charge on any atom is 0.229 e. The molecule has 0 atom stereocenters. The molecule has 6 heteroatoms. The highest BCUT2D eigenvalue weighted by Crippen LogP contribution is 2.32. The van der Waals surface area contributed by atoms with Gasteiger partial charge >= 0.3 is 0 Å². The number of aromatic nitrogens is 3. The van der Waals surface area contributed by atoms with E-state index in [0.29, 0.717) is 17.5 Å². The summed E-state index contributed by atoms with van der Waals surface area (Å²) in [4.78, 5) is 8.74. The highest BCUT2D eigenvalue weighted by atomic mass is 16.5. The molecule has 0 amide bonds. The van der Waals surface area contributed by atoms with Crippen molar-refractivity contribution in [2.24, 2.45) is 0 Å². The van der Waals surface area contributed by atoms with Gasteiger partial charge < -0.3 is 9.84 Å². The van der Waals surface area contributed by atoms with E-state index >= 15 is 0 Å². The van der Waals surface area contributed by atoms with E-state index in [2.05, 4.69) is 26.5 Å². The maximum atomic E-state index is 8.78. The Labute approximate surface area is 135 Å². The Morgan fingerprint density at radius 1 is 1.30 bits per heavy atom. The fourth-order valence-electron chi connectivity index (χ4n) is 2.97. The van der Waals surface area contributed by atoms with Crippen LogP contribution in [0.1, 0.15) is 61.5 Å². The summed E-state index contributed by atoms with van der Waals surface area (Å²) in [5.74, 6) is 2.00. The zero-order valence-electron chi connectivity index (χ0n) is 13.3. The molecule has 1 N–H and O–H groups in total. The van der Waals surface area contributed by atoms with Crippen molar-refractivity contribution >= 4 is 0 Å². The highest BCUT2D eigenvalue weighted by Gasteiger charge is 2.26. The predicted molar refractivity (Wildman–Crippen MR) is 84.5 cm³/mol. The minimum absolute atomic E-state index is 0.397. The van der Waals surface area contributed by atoms with Crippen molar-refractivity contribution in [1.82, 2.24) is 20.4 Å². The Morgan fingerprint density at radius 2 is 2.13 bits per heavy atom. The second kappa shape index (κ2) is 7.34. The number of hydrogen-bond donors (Lipinski definition) is 1. The van der Waals surface area contributed by atoms with E-state index in [9.17, 15) is 0 Å². The Balaban J connectivity index is 1.46. The molecule has 0 bridgehead atoms. The van der Waals surface area contributed by atoms with Crippen molar-refractivity contribution in [1.29, 1.82) is 5.26 Å². The summed E-state index contributed by atoms with van der Waals surface area (Å²) in [6, 6.07) is 6.29. The van der Waals surface area contributed by atoms with Crippen molar-refractivity contribution in [2.45, 2.75) is 57.5 Å². The lowest BCUT2D eigenvalue weighted by atomic mass is 9.86. The molecule has 1 saturated carbocycles. The second-order valence-electron chi connectivity index (χ2n) is 5.98. The smallest absolute Gasteiger partial charge is 0.229 e. The number of hydrogen-bond acceptors (Lipinski definition) is 6. The van der Waals surface area contributed by atoms with E-state index in [1.54, 1.807) is 6.20 Å². The largest absolute Gasteiger partial charge is 0.339 e. The van der Waals surface area contributed by atoms with Gasteiger partial charge in [0.05, 0.1) is 11.3 Å². The van der Waals surface area contributed by atoms with Crippen molar-refractivity contribution in [3.63, 3.8) is 0 Å². The SMILES string of the molecule is CCc1noc(C2CCC(NCc3ccc(C#N)cn3)CC2)n1. The molecule has 0 radical (unpaired) electrons. The van der Waals surface area contributed by atoms with Gasteiger partial charge in [0.1, 0.15) is 6.07 Å². The predicted octanol–water partition coefficient (Wildman–Crippen LogP) is 2.71. The number of nitrogens with one attached hydrogen (secondary N) is 1. The summed E-state index contributed by atoms with van der Waals surface area (Å²) in [6.07, 6.45) is 6.79. The average molecular weight is 311 g/mol. The van der Waals surface area contributed by atoms with Crippen LogP contribution in [0.5, 0.6) is 0 Å². The molecule has 1 aliphatic carbocycles. The van der Waals surface area contributed by atoms with Gasteiger partial charge in [-0.2, -0.15) is 10.2 Å². The summed E-state index contributed by atoms with van der Waals surface area (Å²) in [7, 11) is 0. The molecule has 0 aromatic carbocycles. The lowest BCUT2D eigenvalue weighted by Crippen LogP contribution is -2.32. The molecule has 0 aliphatic heterocycles. The summed E-state index contributed by atoms with van der Waals surface area (Å²) >= 11 is 0. The first-order valence-electron chi connectivity index (χ1n) is 8.19. The summed E-state index contributed by atoms with van der Waals surface area (Å²) in [5, 5.41) is 16.3. The molecule has 0 unspecified atom stereocenters. The van der Waals surface area contributed by atoms with E-state index in [4.69, 9.17) is 9.78 Å². The topological polar surface area (TPSA) is 87.6 Å². The average Bonchev–Trinajstić information content (AvgIpc) is 3.10. The van der Waals surface area contributed by atoms with Crippen LogP contribution < -0.4 is 5.32 Å². The highest BCUT2D eigenvalue weighted by molar-refractivity contribution is 5.26. The summed E-state index contributed by atoms with van der Waals surface area (Å²) < 4.78 is 5.36. The van der Waals surface area contributed by atoms with Gasteiger partial charge in [0.2, 0.25) is 5.89 Å². The quantitative estimate of drug-likeness (QED) is 0.913. The fourth-order valence-corrected chi connectivity index (χ4v) is 2.97. The zero-order chi connectivity index (χ0) is 16.1. The first-order chi connectivity index (χ1) is 11.3. The Morgan fingerprint density at radius 3 is 2.74 bits per heavy atom. The Hall–Kier alpha value is -2.26. The van der Waals surface area contributed by atoms with Crippen LogP contribution in [0.2, 0.25) is 0 Å². The van der Waals surface area contributed by atoms with Crippen molar-refractivity contribution < 1.29 is 4.52 Å². The molecule has 2 aromatic heterocycles. The van der Waals surface area contributed by atoms with Crippen molar-refractivity contribution in [3.05, 3.63) is 41.3 Å². The number of aryl methyl sites for hydroxylation is 1. The summed E-state index contributed by atoms with van der Waals surface area (Å²) in [5.41, 5.74) is 1.57. The first-order valence-corrected chi connectivity index (χ1v) is 8.19. The van der Waals surface area contributed by atoms with Gasteiger partial charge in [-0.05, 0) is 37.8 Å². The van der Waals surface area contributed by atoms with E-state index in [1.165, 1.54) is 0 Å². The molecule has 2 heterocycles. The first kappa shape index (κ1) is 15.6. The van der Waals surface area contributed by atoms with Crippen LogP contribution >= 0.6 is 0 Å².